The van der Waals surface area contributed by atoms with Gasteiger partial charge >= 0.3 is 0 Å². The highest BCUT2D eigenvalue weighted by Crippen LogP contribution is 2.26. The first-order chi connectivity index (χ1) is 14.0. The number of hydrogen-bond acceptors (Lipinski definition) is 5. The van der Waals surface area contributed by atoms with E-state index in [0.29, 0.717) is 23.0 Å². The number of aromatic nitrogens is 3. The molecule has 152 valence electrons. The van der Waals surface area contributed by atoms with Crippen molar-refractivity contribution in [3.63, 3.8) is 0 Å². The molecule has 8 heteroatoms. The van der Waals surface area contributed by atoms with Crippen molar-refractivity contribution in [3.05, 3.63) is 52.9 Å². The number of imidazole rings is 1. The van der Waals surface area contributed by atoms with E-state index in [1.807, 2.05) is 36.2 Å². The number of amides is 1. The minimum Gasteiger partial charge on any atom is -0.497 e. The van der Waals surface area contributed by atoms with Gasteiger partial charge in [0, 0.05) is 25.7 Å². The Balaban J connectivity index is 1.60. The van der Waals surface area contributed by atoms with Gasteiger partial charge in [-0.05, 0) is 30.5 Å². The molecule has 2 heterocycles. The van der Waals surface area contributed by atoms with Crippen molar-refractivity contribution in [2.45, 2.75) is 38.3 Å². The smallest absolute Gasteiger partial charge is 0.271 e. The first-order valence-corrected chi connectivity index (χ1v) is 10.1. The van der Waals surface area contributed by atoms with Crippen LogP contribution in [0, 0.1) is 0 Å². The third-order valence-corrected chi connectivity index (χ3v) is 5.52. The summed E-state index contributed by atoms with van der Waals surface area (Å²) in [6.07, 6.45) is 5.91. The molecule has 29 heavy (non-hydrogen) atoms. The zero-order valence-electron chi connectivity index (χ0n) is 16.6. The largest absolute Gasteiger partial charge is 0.497 e. The molecule has 1 aromatic carbocycles. The Morgan fingerprint density at radius 1 is 1.31 bits per heavy atom. The van der Waals surface area contributed by atoms with Gasteiger partial charge < -0.3 is 15.0 Å². The number of halogens is 1. The number of anilines is 1. The number of fused-ring (bicyclic) bond motifs is 1. The van der Waals surface area contributed by atoms with E-state index in [2.05, 4.69) is 15.4 Å². The summed E-state index contributed by atoms with van der Waals surface area (Å²) in [5.74, 6) is 0.653. The van der Waals surface area contributed by atoms with Gasteiger partial charge in [-0.3, -0.25) is 4.79 Å². The maximum absolute atomic E-state index is 12.7. The number of nitrogens with zero attached hydrogens (tertiary/aromatic N) is 4. The predicted molar refractivity (Wildman–Crippen MR) is 113 cm³/mol. The molecule has 2 aromatic heterocycles. The molecule has 0 spiro atoms. The van der Waals surface area contributed by atoms with Gasteiger partial charge in [0.25, 0.3) is 5.91 Å². The Hall–Kier alpha value is -2.80. The molecule has 1 amide bonds. The van der Waals surface area contributed by atoms with Crippen LogP contribution in [0.5, 0.6) is 5.75 Å². The zero-order valence-corrected chi connectivity index (χ0v) is 17.3. The summed E-state index contributed by atoms with van der Waals surface area (Å²) in [7, 11) is 3.61. The molecule has 0 radical (unpaired) electrons. The summed E-state index contributed by atoms with van der Waals surface area (Å²) in [6.45, 7) is 0.649. The minimum absolute atomic E-state index is 0.164. The summed E-state index contributed by atoms with van der Waals surface area (Å²) in [5, 5.41) is 7.71. The van der Waals surface area contributed by atoms with Gasteiger partial charge in [0.1, 0.15) is 5.75 Å². The van der Waals surface area contributed by atoms with Gasteiger partial charge in [0.15, 0.2) is 16.5 Å². The molecule has 0 atom stereocenters. The lowest BCUT2D eigenvalue weighted by atomic mass is 10.2. The molecule has 1 saturated carbocycles. The molecule has 1 fully saturated rings. The zero-order chi connectivity index (χ0) is 20.4. The number of ether oxygens (including phenoxy) is 1. The van der Waals surface area contributed by atoms with Crippen LogP contribution >= 0.6 is 11.6 Å². The lowest BCUT2D eigenvalue weighted by Gasteiger charge is -2.20. The monoisotopic (exact) mass is 413 g/mol. The van der Waals surface area contributed by atoms with E-state index < -0.39 is 0 Å². The van der Waals surface area contributed by atoms with E-state index in [-0.39, 0.29) is 11.9 Å². The average Bonchev–Trinajstić information content (AvgIpc) is 3.37. The van der Waals surface area contributed by atoms with E-state index in [1.54, 1.807) is 19.4 Å². The van der Waals surface area contributed by atoms with Crippen molar-refractivity contribution < 1.29 is 9.53 Å². The third kappa shape index (κ3) is 4.15. The summed E-state index contributed by atoms with van der Waals surface area (Å²) in [6, 6.07) is 9.89. The number of carbonyl (C=O) groups is 1. The Morgan fingerprint density at radius 2 is 2.03 bits per heavy atom. The SMILES string of the molecule is COc1ccc(CN(C)c2cc(Cl)nn3c(C(=O)NC4CCCC4)cnc23)cc1. The van der Waals surface area contributed by atoms with Gasteiger partial charge in [-0.15, -0.1) is 0 Å². The molecule has 0 bridgehead atoms. The Kier molecular flexibility index (Phi) is 5.58. The van der Waals surface area contributed by atoms with Gasteiger partial charge in [-0.2, -0.15) is 5.10 Å². The minimum atomic E-state index is -0.164. The molecular formula is C21H24ClN5O2. The molecule has 1 aliphatic carbocycles. The molecule has 0 unspecified atom stereocenters. The lowest BCUT2D eigenvalue weighted by Crippen LogP contribution is -2.33. The predicted octanol–water partition coefficient (Wildman–Crippen LogP) is 3.70. The molecule has 0 aliphatic heterocycles. The number of methoxy groups -OCH3 is 1. The number of rotatable bonds is 6. The average molecular weight is 414 g/mol. The number of benzene rings is 1. The van der Waals surface area contributed by atoms with Crippen LogP contribution in [-0.2, 0) is 6.54 Å². The topological polar surface area (TPSA) is 71.8 Å². The fourth-order valence-electron chi connectivity index (χ4n) is 3.78. The molecular weight excluding hydrogens is 390 g/mol. The highest BCUT2D eigenvalue weighted by molar-refractivity contribution is 6.29. The van der Waals surface area contributed by atoms with Crippen LogP contribution in [-0.4, -0.2) is 40.7 Å². The number of carbonyl (C=O) groups excluding carboxylic acids is 1. The maximum atomic E-state index is 12.7. The molecule has 1 aliphatic rings. The number of nitrogens with one attached hydrogen (secondary N) is 1. The van der Waals surface area contributed by atoms with Crippen LogP contribution in [0.4, 0.5) is 5.69 Å². The van der Waals surface area contributed by atoms with E-state index in [9.17, 15) is 4.79 Å². The molecule has 4 rings (SSSR count). The van der Waals surface area contributed by atoms with Crippen LogP contribution in [0.1, 0.15) is 41.7 Å². The fourth-order valence-corrected chi connectivity index (χ4v) is 3.96. The maximum Gasteiger partial charge on any atom is 0.271 e. The summed E-state index contributed by atoms with van der Waals surface area (Å²) in [5.41, 5.74) is 2.92. The van der Waals surface area contributed by atoms with Gasteiger partial charge in [-0.1, -0.05) is 36.6 Å². The quantitative estimate of drug-likeness (QED) is 0.667. The van der Waals surface area contributed by atoms with Crippen molar-refractivity contribution in [3.8, 4) is 5.75 Å². The van der Waals surface area contributed by atoms with Crippen LogP contribution in [0.25, 0.3) is 5.65 Å². The van der Waals surface area contributed by atoms with Crippen LogP contribution in [0.3, 0.4) is 0 Å². The molecule has 3 aromatic rings. The van der Waals surface area contributed by atoms with Gasteiger partial charge in [0.05, 0.1) is 19.0 Å². The van der Waals surface area contributed by atoms with Gasteiger partial charge in [0.2, 0.25) is 0 Å². The second kappa shape index (κ2) is 8.29. The molecule has 7 nitrogen and oxygen atoms in total. The second-order valence-electron chi connectivity index (χ2n) is 7.39. The van der Waals surface area contributed by atoms with E-state index >= 15 is 0 Å². The van der Waals surface area contributed by atoms with E-state index in [4.69, 9.17) is 16.3 Å². The van der Waals surface area contributed by atoms with Crippen LogP contribution in [0.15, 0.2) is 36.5 Å². The third-order valence-electron chi connectivity index (χ3n) is 5.33. The lowest BCUT2D eigenvalue weighted by molar-refractivity contribution is 0.0930. The second-order valence-corrected chi connectivity index (χ2v) is 7.78. The first-order valence-electron chi connectivity index (χ1n) is 9.74. The van der Waals surface area contributed by atoms with Crippen molar-refractivity contribution in [2.75, 3.05) is 19.1 Å². The molecule has 0 saturated heterocycles. The number of hydrogen-bond donors (Lipinski definition) is 1. The van der Waals surface area contributed by atoms with Crippen molar-refractivity contribution in [1.82, 2.24) is 19.9 Å². The van der Waals surface area contributed by atoms with Crippen molar-refractivity contribution in [2.24, 2.45) is 0 Å². The Morgan fingerprint density at radius 3 is 2.72 bits per heavy atom. The van der Waals surface area contributed by atoms with Crippen LogP contribution in [0.2, 0.25) is 5.15 Å². The van der Waals surface area contributed by atoms with E-state index in [1.165, 1.54) is 4.52 Å². The summed E-state index contributed by atoms with van der Waals surface area (Å²) >= 11 is 6.28. The van der Waals surface area contributed by atoms with E-state index in [0.717, 1.165) is 42.7 Å². The summed E-state index contributed by atoms with van der Waals surface area (Å²) in [4.78, 5) is 19.2. The highest BCUT2D eigenvalue weighted by atomic mass is 35.5. The van der Waals surface area contributed by atoms with Crippen molar-refractivity contribution in [1.29, 1.82) is 0 Å². The summed E-state index contributed by atoms with van der Waals surface area (Å²) < 4.78 is 6.75. The fraction of sp³-hybridized carbons (Fsp3) is 0.381. The normalized spacial score (nSPS) is 14.3. The Bertz CT molecular complexity index is 1010. The van der Waals surface area contributed by atoms with Crippen LogP contribution < -0.4 is 15.0 Å². The Labute approximate surface area is 174 Å². The molecule has 1 N–H and O–H groups in total. The van der Waals surface area contributed by atoms with Crippen molar-refractivity contribution >= 4 is 28.8 Å². The van der Waals surface area contributed by atoms with Gasteiger partial charge in [-0.25, -0.2) is 9.50 Å². The standard InChI is InChI=1S/C21H24ClN5O2/c1-26(13-14-7-9-16(29-2)10-8-14)17-11-19(22)25-27-18(12-23-20(17)27)21(28)24-15-5-3-4-6-15/h7-12,15H,3-6,13H2,1-2H3,(H,24,28). The highest BCUT2D eigenvalue weighted by Gasteiger charge is 2.22. The first kappa shape index (κ1) is 19.5.